The van der Waals surface area contributed by atoms with E-state index in [9.17, 15) is 10.1 Å². The summed E-state index contributed by atoms with van der Waals surface area (Å²) in [6.45, 7) is 2.33. The van der Waals surface area contributed by atoms with E-state index in [2.05, 4.69) is 43.8 Å². The molecule has 1 amide bonds. The van der Waals surface area contributed by atoms with Gasteiger partial charge in [0.15, 0.2) is 11.5 Å². The van der Waals surface area contributed by atoms with E-state index in [1.807, 2.05) is 25.1 Å². The molecule has 0 aromatic heterocycles. The Kier molecular flexibility index (Phi) is 7.48. The first kappa shape index (κ1) is 20.3. The summed E-state index contributed by atoms with van der Waals surface area (Å²) in [4.78, 5) is 12.4. The molecule has 26 heavy (non-hydrogen) atoms. The van der Waals surface area contributed by atoms with Crippen LogP contribution >= 0.6 is 38.5 Å². The molecular weight excluding hydrogens is 511 g/mol. The number of carbonyl (C=O) groups excluding carboxylic acids is 1. The van der Waals surface area contributed by atoms with Crippen molar-refractivity contribution in [2.45, 2.75) is 6.92 Å². The molecule has 0 saturated carbocycles. The maximum absolute atomic E-state index is 12.4. The van der Waals surface area contributed by atoms with Crippen molar-refractivity contribution in [1.82, 2.24) is 0 Å². The second kappa shape index (κ2) is 9.59. The Bertz CT molecular complexity index is 874. The quantitative estimate of drug-likeness (QED) is 0.326. The van der Waals surface area contributed by atoms with Crippen molar-refractivity contribution in [3.05, 3.63) is 55.6 Å². The monoisotopic (exact) mass is 526 g/mol. The molecule has 1 N–H and O–H groups in total. The molecule has 2 rings (SSSR count). The number of methoxy groups -OCH3 is 1. The van der Waals surface area contributed by atoms with E-state index in [1.165, 1.54) is 6.08 Å². The Balaban J connectivity index is 2.31. The van der Waals surface area contributed by atoms with Crippen LogP contribution in [0.3, 0.4) is 0 Å². The number of amides is 1. The molecule has 0 aliphatic carbocycles. The highest BCUT2D eigenvalue weighted by Crippen LogP contribution is 2.37. The van der Waals surface area contributed by atoms with Crippen molar-refractivity contribution in [2.75, 3.05) is 19.0 Å². The number of halogens is 2. The number of nitrogens with zero attached hydrogens (tertiary/aromatic N) is 1. The third-order valence-corrected chi connectivity index (χ3v) is 4.62. The summed E-state index contributed by atoms with van der Waals surface area (Å²) < 4.78 is 12.6. The maximum atomic E-state index is 12.4. The summed E-state index contributed by atoms with van der Waals surface area (Å²) >= 11 is 5.60. The van der Waals surface area contributed by atoms with Crippen LogP contribution < -0.4 is 14.8 Å². The normalized spacial score (nSPS) is 10.8. The van der Waals surface area contributed by atoms with Crippen LogP contribution in [0.25, 0.3) is 6.08 Å². The van der Waals surface area contributed by atoms with Gasteiger partial charge in [0.1, 0.15) is 11.6 Å². The molecule has 5 nitrogen and oxygen atoms in total. The van der Waals surface area contributed by atoms with Crippen molar-refractivity contribution in [1.29, 1.82) is 5.26 Å². The minimum absolute atomic E-state index is 0.0111. The predicted molar refractivity (Wildman–Crippen MR) is 113 cm³/mol. The van der Waals surface area contributed by atoms with E-state index >= 15 is 0 Å². The van der Waals surface area contributed by atoms with Crippen LogP contribution in [-0.4, -0.2) is 19.6 Å². The van der Waals surface area contributed by atoms with E-state index in [0.29, 0.717) is 33.8 Å². The third-order valence-electron chi connectivity index (χ3n) is 3.31. The van der Waals surface area contributed by atoms with Crippen molar-refractivity contribution in [2.24, 2.45) is 0 Å². The number of ether oxygens (including phenoxy) is 2. The lowest BCUT2D eigenvalue weighted by Gasteiger charge is -2.12. The molecule has 0 radical (unpaired) electrons. The number of rotatable bonds is 6. The van der Waals surface area contributed by atoms with Gasteiger partial charge in [0.25, 0.3) is 5.91 Å². The predicted octanol–water partition coefficient (Wildman–Crippen LogP) is 5.01. The molecule has 134 valence electrons. The summed E-state index contributed by atoms with van der Waals surface area (Å²) in [7, 11) is 1.55. The van der Waals surface area contributed by atoms with Gasteiger partial charge in [0.2, 0.25) is 0 Å². The van der Waals surface area contributed by atoms with Gasteiger partial charge >= 0.3 is 0 Å². The van der Waals surface area contributed by atoms with Gasteiger partial charge in [-0.2, -0.15) is 5.26 Å². The van der Waals surface area contributed by atoms with Gasteiger partial charge in [-0.05, 0) is 93.5 Å². The molecule has 0 heterocycles. The molecule has 2 aromatic carbocycles. The van der Waals surface area contributed by atoms with Gasteiger partial charge in [-0.25, -0.2) is 0 Å². The van der Waals surface area contributed by atoms with Gasteiger partial charge < -0.3 is 14.8 Å². The van der Waals surface area contributed by atoms with Gasteiger partial charge in [-0.1, -0.05) is 0 Å². The van der Waals surface area contributed by atoms with E-state index in [-0.39, 0.29) is 5.57 Å². The number of hydrogen-bond donors (Lipinski definition) is 1. The number of hydrogen-bond acceptors (Lipinski definition) is 4. The molecule has 0 unspecified atom stereocenters. The molecule has 0 fully saturated rings. The van der Waals surface area contributed by atoms with Crippen molar-refractivity contribution >= 4 is 56.2 Å². The fourth-order valence-corrected chi connectivity index (χ4v) is 3.16. The smallest absolute Gasteiger partial charge is 0.266 e. The minimum Gasteiger partial charge on any atom is -0.492 e. The Hall–Kier alpha value is -2.05. The highest BCUT2D eigenvalue weighted by molar-refractivity contribution is 14.1. The summed E-state index contributed by atoms with van der Waals surface area (Å²) in [5.41, 5.74) is 1.26. The van der Waals surface area contributed by atoms with Crippen molar-refractivity contribution in [3.8, 4) is 17.6 Å². The standard InChI is InChI=1S/C19H16BrIN2O3/c1-3-26-17-10-12(9-16(20)18(17)25-2)8-13(11-22)19(24)23-15-6-4-14(21)5-7-15/h4-10H,3H2,1-2H3,(H,23,24)/b13-8-. The zero-order chi connectivity index (χ0) is 19.1. The molecule has 0 saturated heterocycles. The topological polar surface area (TPSA) is 71.3 Å². The van der Waals surface area contributed by atoms with Crippen molar-refractivity contribution < 1.29 is 14.3 Å². The summed E-state index contributed by atoms with van der Waals surface area (Å²) in [6, 6.07) is 12.7. The van der Waals surface area contributed by atoms with E-state index in [4.69, 9.17) is 9.47 Å². The SMILES string of the molecule is CCOc1cc(/C=C(/C#N)C(=O)Nc2ccc(I)cc2)cc(Br)c1OC. The zero-order valence-electron chi connectivity index (χ0n) is 14.2. The fourth-order valence-electron chi connectivity index (χ4n) is 2.18. The summed E-state index contributed by atoms with van der Waals surface area (Å²) in [5.74, 6) is 0.621. The lowest BCUT2D eigenvalue weighted by atomic mass is 10.1. The lowest BCUT2D eigenvalue weighted by Crippen LogP contribution is -2.13. The maximum Gasteiger partial charge on any atom is 0.266 e. The van der Waals surface area contributed by atoms with E-state index < -0.39 is 5.91 Å². The Labute approximate surface area is 174 Å². The Morgan fingerprint density at radius 1 is 1.35 bits per heavy atom. The first-order chi connectivity index (χ1) is 12.5. The van der Waals surface area contributed by atoms with E-state index in [0.717, 1.165) is 3.57 Å². The van der Waals surface area contributed by atoms with Crippen LogP contribution in [0.5, 0.6) is 11.5 Å². The molecule has 0 aliphatic rings. The molecular formula is C19H16BrIN2O3. The first-order valence-corrected chi connectivity index (χ1v) is 9.54. The second-order valence-electron chi connectivity index (χ2n) is 5.10. The number of carbonyl (C=O) groups is 1. The molecule has 0 atom stereocenters. The Morgan fingerprint density at radius 3 is 2.62 bits per heavy atom. The third kappa shape index (κ3) is 5.22. The number of anilines is 1. The van der Waals surface area contributed by atoms with Gasteiger partial charge in [0, 0.05) is 9.26 Å². The van der Waals surface area contributed by atoms with Gasteiger partial charge in [0.05, 0.1) is 18.2 Å². The van der Waals surface area contributed by atoms with Gasteiger partial charge in [-0.15, -0.1) is 0 Å². The van der Waals surface area contributed by atoms with Crippen molar-refractivity contribution in [3.63, 3.8) is 0 Å². The van der Waals surface area contributed by atoms with E-state index in [1.54, 1.807) is 31.4 Å². The van der Waals surface area contributed by atoms with Crippen LogP contribution in [0.2, 0.25) is 0 Å². The molecule has 0 spiro atoms. The number of nitrogens with one attached hydrogen (secondary N) is 1. The number of benzene rings is 2. The molecule has 7 heteroatoms. The highest BCUT2D eigenvalue weighted by Gasteiger charge is 2.13. The number of nitriles is 1. The average Bonchev–Trinajstić information content (AvgIpc) is 2.61. The summed E-state index contributed by atoms with van der Waals surface area (Å²) in [5, 5.41) is 12.1. The van der Waals surface area contributed by atoms with Crippen LogP contribution in [0.1, 0.15) is 12.5 Å². The minimum atomic E-state index is -0.474. The van der Waals surface area contributed by atoms with Crippen LogP contribution in [0.15, 0.2) is 46.4 Å². The van der Waals surface area contributed by atoms with Crippen LogP contribution in [0.4, 0.5) is 5.69 Å². The second-order valence-corrected chi connectivity index (χ2v) is 7.20. The van der Waals surface area contributed by atoms with Gasteiger partial charge in [-0.3, -0.25) is 4.79 Å². The molecule has 2 aromatic rings. The van der Waals surface area contributed by atoms with Crippen LogP contribution in [0, 0.1) is 14.9 Å². The molecule has 0 bridgehead atoms. The molecule has 0 aliphatic heterocycles. The first-order valence-electron chi connectivity index (χ1n) is 7.67. The lowest BCUT2D eigenvalue weighted by molar-refractivity contribution is -0.112. The fraction of sp³-hybridized carbons (Fsp3) is 0.158. The Morgan fingerprint density at radius 2 is 2.04 bits per heavy atom. The largest absolute Gasteiger partial charge is 0.492 e. The summed E-state index contributed by atoms with van der Waals surface area (Å²) in [6.07, 6.45) is 1.51. The van der Waals surface area contributed by atoms with Crippen LogP contribution in [-0.2, 0) is 4.79 Å². The zero-order valence-corrected chi connectivity index (χ0v) is 17.9. The highest BCUT2D eigenvalue weighted by atomic mass is 127. The average molecular weight is 527 g/mol.